The van der Waals surface area contributed by atoms with Crippen molar-refractivity contribution < 1.29 is 13.2 Å². The van der Waals surface area contributed by atoms with Gasteiger partial charge in [0, 0.05) is 53.2 Å². The summed E-state index contributed by atoms with van der Waals surface area (Å²) in [5.41, 5.74) is 4.37. The number of fused-ring (bicyclic) bond motifs is 7. The molecule has 0 bridgehead atoms. The van der Waals surface area contributed by atoms with Crippen molar-refractivity contribution in [3.8, 4) is 51.0 Å². The second-order valence-corrected chi connectivity index (χ2v) is 14.2. The highest BCUT2D eigenvalue weighted by Gasteiger charge is 2.34. The number of alkyl halides is 3. The summed E-state index contributed by atoms with van der Waals surface area (Å²) in [6.07, 6.45) is -4.60. The summed E-state index contributed by atoms with van der Waals surface area (Å²) in [7, 11) is 0. The molecule has 0 spiro atoms. The lowest BCUT2D eigenvalue weighted by atomic mass is 9.95. The molecule has 4 nitrogen and oxygen atoms in total. The highest BCUT2D eigenvalue weighted by atomic mass is 32.1. The maximum Gasteiger partial charge on any atom is 0.417 e. The monoisotopic (exact) mass is 724 g/mol. The topological polar surface area (TPSA) is 43.6 Å². The van der Waals surface area contributed by atoms with Crippen LogP contribution < -0.4 is 0 Å². The minimum absolute atomic E-state index is 0.0655. The number of halogens is 3. The van der Waals surface area contributed by atoms with E-state index in [1.165, 1.54) is 6.07 Å². The van der Waals surface area contributed by atoms with Crippen LogP contribution in [0.4, 0.5) is 13.2 Å². The van der Waals surface area contributed by atoms with Crippen molar-refractivity contribution >= 4 is 53.3 Å². The number of nitrogens with zero attached hydrogens (tertiary/aromatic N) is 4. The molecule has 0 fully saturated rings. The fraction of sp³-hybridized carbons (Fsp3) is 0.0217. The van der Waals surface area contributed by atoms with Gasteiger partial charge in [-0.25, -0.2) is 15.0 Å². The van der Waals surface area contributed by atoms with Crippen LogP contribution in [0.15, 0.2) is 164 Å². The SMILES string of the molecule is FC(F)(F)c1ccccc1-c1cc(-c2nc(-c3ccccc3)nc(-c3ccccc3)n2)ccc1-n1c2ccccc2c2ccc3sc4ccccc4c3c21. The van der Waals surface area contributed by atoms with Crippen molar-refractivity contribution in [2.75, 3.05) is 0 Å². The average Bonchev–Trinajstić information content (AvgIpc) is 3.76. The smallest absolute Gasteiger partial charge is 0.308 e. The zero-order valence-corrected chi connectivity index (χ0v) is 29.2. The quantitative estimate of drug-likeness (QED) is 0.177. The Balaban J connectivity index is 1.31. The Morgan fingerprint density at radius 3 is 1.76 bits per heavy atom. The first-order valence-electron chi connectivity index (χ1n) is 17.4. The van der Waals surface area contributed by atoms with Gasteiger partial charge in [-0.05, 0) is 48.0 Å². The molecule has 10 rings (SSSR count). The standard InChI is InChI=1S/C46H27F3N4S/c47-46(48,49)36-20-10-7-17-31(36)35-27-30(45-51-43(28-13-3-1-4-14-28)50-44(52-45)29-15-5-2-6-16-29)23-25-38(35)53-37-21-11-8-18-32(37)33-24-26-40-41(42(33)53)34-19-9-12-22-39(34)54-40/h1-27H. The zero-order chi connectivity index (χ0) is 36.4. The zero-order valence-electron chi connectivity index (χ0n) is 28.4. The fourth-order valence-corrected chi connectivity index (χ4v) is 8.61. The van der Waals surface area contributed by atoms with Crippen molar-refractivity contribution in [2.24, 2.45) is 0 Å². The van der Waals surface area contributed by atoms with Crippen molar-refractivity contribution in [2.45, 2.75) is 6.18 Å². The number of hydrogen-bond acceptors (Lipinski definition) is 4. The van der Waals surface area contributed by atoms with Gasteiger partial charge in [-0.15, -0.1) is 11.3 Å². The largest absolute Gasteiger partial charge is 0.417 e. The lowest BCUT2D eigenvalue weighted by Gasteiger charge is -2.19. The van der Waals surface area contributed by atoms with Crippen LogP contribution in [-0.2, 0) is 6.18 Å². The molecule has 8 heteroatoms. The molecule has 0 aliphatic rings. The molecule has 3 heterocycles. The van der Waals surface area contributed by atoms with Crippen LogP contribution in [-0.4, -0.2) is 19.5 Å². The Morgan fingerprint density at radius 1 is 0.463 bits per heavy atom. The second kappa shape index (κ2) is 12.5. The van der Waals surface area contributed by atoms with Gasteiger partial charge in [0.25, 0.3) is 0 Å². The Kier molecular flexibility index (Phi) is 7.42. The minimum atomic E-state index is -4.60. The van der Waals surface area contributed by atoms with Crippen LogP contribution in [0.1, 0.15) is 5.56 Å². The average molecular weight is 725 g/mol. The van der Waals surface area contributed by atoms with E-state index in [4.69, 9.17) is 15.0 Å². The van der Waals surface area contributed by atoms with Gasteiger partial charge in [-0.3, -0.25) is 0 Å². The molecule has 0 saturated carbocycles. The maximum absolute atomic E-state index is 14.9. The summed E-state index contributed by atoms with van der Waals surface area (Å²) >= 11 is 1.71. The molecule has 0 amide bonds. The third-order valence-corrected chi connectivity index (χ3v) is 11.0. The van der Waals surface area contributed by atoms with Gasteiger partial charge in [0.2, 0.25) is 0 Å². The van der Waals surface area contributed by atoms with Crippen molar-refractivity contribution in [1.82, 2.24) is 19.5 Å². The summed E-state index contributed by atoms with van der Waals surface area (Å²) in [6.45, 7) is 0. The third-order valence-electron chi connectivity index (χ3n) is 9.89. The Morgan fingerprint density at radius 2 is 1.06 bits per heavy atom. The lowest BCUT2D eigenvalue weighted by Crippen LogP contribution is -2.08. The first kappa shape index (κ1) is 32.0. The highest BCUT2D eigenvalue weighted by molar-refractivity contribution is 7.26. The van der Waals surface area contributed by atoms with Gasteiger partial charge in [0.15, 0.2) is 17.5 Å². The van der Waals surface area contributed by atoms with Gasteiger partial charge in [0.1, 0.15) is 0 Å². The first-order chi connectivity index (χ1) is 26.4. The van der Waals surface area contributed by atoms with Gasteiger partial charge in [-0.1, -0.05) is 121 Å². The Hall–Kier alpha value is -6.64. The molecule has 258 valence electrons. The van der Waals surface area contributed by atoms with Crippen LogP contribution >= 0.6 is 11.3 Å². The molecule has 3 aromatic heterocycles. The van der Waals surface area contributed by atoms with E-state index in [0.717, 1.165) is 59.2 Å². The maximum atomic E-state index is 14.9. The van der Waals surface area contributed by atoms with E-state index >= 15 is 0 Å². The van der Waals surface area contributed by atoms with E-state index in [1.54, 1.807) is 29.5 Å². The van der Waals surface area contributed by atoms with Crippen molar-refractivity contribution in [3.63, 3.8) is 0 Å². The van der Waals surface area contributed by atoms with Crippen LogP contribution in [0, 0.1) is 0 Å². The Bertz CT molecular complexity index is 2980. The summed E-state index contributed by atoms with van der Waals surface area (Å²) in [4.78, 5) is 14.7. The molecule has 0 unspecified atom stereocenters. The van der Waals surface area contributed by atoms with E-state index < -0.39 is 11.7 Å². The third kappa shape index (κ3) is 5.25. The molecule has 0 saturated heterocycles. The van der Waals surface area contributed by atoms with Gasteiger partial charge in [0.05, 0.1) is 22.3 Å². The fourth-order valence-electron chi connectivity index (χ4n) is 7.50. The van der Waals surface area contributed by atoms with Crippen molar-refractivity contribution in [1.29, 1.82) is 0 Å². The molecule has 0 atom stereocenters. The predicted molar refractivity (Wildman–Crippen MR) is 214 cm³/mol. The first-order valence-corrected chi connectivity index (χ1v) is 18.3. The lowest BCUT2D eigenvalue weighted by molar-refractivity contribution is -0.137. The molecule has 10 aromatic rings. The van der Waals surface area contributed by atoms with E-state index in [0.29, 0.717) is 34.3 Å². The number of thiophene rings is 1. The van der Waals surface area contributed by atoms with E-state index in [2.05, 4.69) is 34.9 Å². The number of rotatable bonds is 5. The van der Waals surface area contributed by atoms with E-state index in [1.807, 2.05) is 103 Å². The van der Waals surface area contributed by atoms with Gasteiger partial charge >= 0.3 is 6.18 Å². The predicted octanol–water partition coefficient (Wildman–Crippen LogP) is 13.0. The Labute approximate surface area is 311 Å². The summed E-state index contributed by atoms with van der Waals surface area (Å²) < 4.78 is 49.2. The minimum Gasteiger partial charge on any atom is -0.308 e. The number of benzene rings is 7. The second-order valence-electron chi connectivity index (χ2n) is 13.1. The van der Waals surface area contributed by atoms with Crippen LogP contribution in [0.2, 0.25) is 0 Å². The highest BCUT2D eigenvalue weighted by Crippen LogP contribution is 2.46. The molecule has 0 radical (unpaired) electrons. The van der Waals surface area contributed by atoms with Crippen molar-refractivity contribution in [3.05, 3.63) is 169 Å². The molecular formula is C46H27F3N4S. The number of aromatic nitrogens is 4. The van der Waals surface area contributed by atoms with Crippen LogP contribution in [0.25, 0.3) is 93.0 Å². The van der Waals surface area contributed by atoms with Gasteiger partial charge < -0.3 is 4.57 Å². The number of hydrogen-bond donors (Lipinski definition) is 0. The molecule has 0 aliphatic heterocycles. The molecular weight excluding hydrogens is 698 g/mol. The summed E-state index contributed by atoms with van der Waals surface area (Å²) in [6, 6.07) is 51.3. The van der Waals surface area contributed by atoms with Gasteiger partial charge in [-0.2, -0.15) is 13.2 Å². The van der Waals surface area contributed by atoms with E-state index in [9.17, 15) is 13.2 Å². The van der Waals surface area contributed by atoms with Crippen LogP contribution in [0.5, 0.6) is 0 Å². The molecule has 0 N–H and O–H groups in total. The summed E-state index contributed by atoms with van der Waals surface area (Å²) in [5, 5.41) is 4.22. The molecule has 0 aliphatic carbocycles. The number of para-hydroxylation sites is 1. The van der Waals surface area contributed by atoms with Crippen LogP contribution in [0.3, 0.4) is 0 Å². The molecule has 54 heavy (non-hydrogen) atoms. The van der Waals surface area contributed by atoms with E-state index in [-0.39, 0.29) is 5.56 Å². The molecule has 7 aromatic carbocycles. The summed E-state index contributed by atoms with van der Waals surface area (Å²) in [5.74, 6) is 1.29. The normalized spacial score (nSPS) is 12.0.